The summed E-state index contributed by atoms with van der Waals surface area (Å²) >= 11 is 0.993. The van der Waals surface area contributed by atoms with E-state index >= 15 is 0 Å². The summed E-state index contributed by atoms with van der Waals surface area (Å²) < 4.78 is 43.8. The maximum Gasteiger partial charge on any atom is 0.416 e. The number of ether oxygens (including phenoxy) is 1. The van der Waals surface area contributed by atoms with Gasteiger partial charge in [-0.3, -0.25) is 0 Å². The van der Waals surface area contributed by atoms with Crippen LogP contribution >= 0.6 is 11.8 Å². The summed E-state index contributed by atoms with van der Waals surface area (Å²) in [7, 11) is 0. The molecule has 22 heavy (non-hydrogen) atoms. The highest BCUT2D eigenvalue weighted by Crippen LogP contribution is 2.49. The molecule has 0 aromatic heterocycles. The smallest absolute Gasteiger partial charge is 0.416 e. The standard InChI is InChI=1S/C16H11F3O2S/c17-16(18,19)12-8-4-7-11(9-12)13-14(22-15(20)21-13)10-5-2-1-3-6-10/h1-9,13-14H/t13-,14+/m1/s1. The van der Waals surface area contributed by atoms with Gasteiger partial charge in [-0.1, -0.05) is 42.5 Å². The summed E-state index contributed by atoms with van der Waals surface area (Å²) in [5.41, 5.74) is 0.451. The average molecular weight is 324 g/mol. The Balaban J connectivity index is 1.97. The molecule has 0 radical (unpaired) electrons. The highest BCUT2D eigenvalue weighted by molar-refractivity contribution is 8.13. The number of benzene rings is 2. The molecule has 0 N–H and O–H groups in total. The van der Waals surface area contributed by atoms with Gasteiger partial charge in [-0.15, -0.1) is 0 Å². The van der Waals surface area contributed by atoms with Crippen LogP contribution in [0.4, 0.5) is 18.0 Å². The minimum atomic E-state index is -4.42. The molecule has 2 nitrogen and oxygen atoms in total. The molecule has 0 bridgehead atoms. The minimum Gasteiger partial charge on any atom is -0.448 e. The lowest BCUT2D eigenvalue weighted by Gasteiger charge is -2.18. The van der Waals surface area contributed by atoms with Crippen molar-refractivity contribution in [2.24, 2.45) is 0 Å². The number of hydrogen-bond acceptors (Lipinski definition) is 3. The van der Waals surface area contributed by atoms with Crippen molar-refractivity contribution in [3.63, 3.8) is 0 Å². The van der Waals surface area contributed by atoms with Crippen LogP contribution in [0.15, 0.2) is 54.6 Å². The molecule has 3 rings (SSSR count). The molecule has 1 saturated heterocycles. The second-order valence-electron chi connectivity index (χ2n) is 4.86. The second kappa shape index (κ2) is 5.68. The first-order valence-electron chi connectivity index (χ1n) is 6.54. The normalized spacial score (nSPS) is 21.7. The van der Waals surface area contributed by atoms with Crippen molar-refractivity contribution in [3.05, 3.63) is 71.3 Å². The molecule has 1 aliphatic rings. The molecule has 0 unspecified atom stereocenters. The van der Waals surface area contributed by atoms with Crippen molar-refractivity contribution in [2.75, 3.05) is 0 Å². The number of alkyl halides is 3. The van der Waals surface area contributed by atoms with E-state index in [4.69, 9.17) is 4.74 Å². The highest BCUT2D eigenvalue weighted by Gasteiger charge is 2.39. The summed E-state index contributed by atoms with van der Waals surface area (Å²) in [6.45, 7) is 0. The lowest BCUT2D eigenvalue weighted by atomic mass is 9.99. The Morgan fingerprint density at radius 3 is 2.32 bits per heavy atom. The van der Waals surface area contributed by atoms with E-state index in [1.807, 2.05) is 30.3 Å². The van der Waals surface area contributed by atoms with Crippen LogP contribution in [0.1, 0.15) is 28.0 Å². The molecule has 2 atom stereocenters. The summed E-state index contributed by atoms with van der Waals surface area (Å²) in [5.74, 6) is 0. The molecular weight excluding hydrogens is 313 g/mol. The molecule has 1 heterocycles. The Morgan fingerprint density at radius 2 is 1.64 bits per heavy atom. The number of cyclic esters (lactones) is 1. The highest BCUT2D eigenvalue weighted by atomic mass is 32.2. The predicted octanol–water partition coefficient (Wildman–Crippen LogP) is 5.37. The monoisotopic (exact) mass is 324 g/mol. The number of halogens is 3. The summed E-state index contributed by atoms with van der Waals surface area (Å²) in [5, 5.41) is -0.826. The maximum atomic E-state index is 12.8. The largest absolute Gasteiger partial charge is 0.448 e. The van der Waals surface area contributed by atoms with Gasteiger partial charge in [0.15, 0.2) is 0 Å². The number of carbonyl (C=O) groups is 1. The topological polar surface area (TPSA) is 26.3 Å². The van der Waals surface area contributed by atoms with Crippen molar-refractivity contribution in [3.8, 4) is 0 Å². The summed E-state index contributed by atoms with van der Waals surface area (Å²) in [6.07, 6.45) is -5.14. The number of carbonyl (C=O) groups excluding carboxylic acids is 1. The van der Waals surface area contributed by atoms with Gasteiger partial charge in [0, 0.05) is 0 Å². The number of rotatable bonds is 2. The summed E-state index contributed by atoms with van der Waals surface area (Å²) in [4.78, 5) is 11.6. The Labute approximate surface area is 129 Å². The van der Waals surface area contributed by atoms with Gasteiger partial charge in [0.25, 0.3) is 0 Å². The molecule has 1 aliphatic heterocycles. The van der Waals surface area contributed by atoms with E-state index in [1.165, 1.54) is 6.07 Å². The van der Waals surface area contributed by atoms with Gasteiger partial charge in [-0.2, -0.15) is 13.2 Å². The minimum absolute atomic E-state index is 0.349. The van der Waals surface area contributed by atoms with E-state index in [1.54, 1.807) is 6.07 Å². The Kier molecular flexibility index (Phi) is 3.87. The van der Waals surface area contributed by atoms with Crippen molar-refractivity contribution in [2.45, 2.75) is 17.5 Å². The van der Waals surface area contributed by atoms with Gasteiger partial charge in [-0.25, -0.2) is 4.79 Å². The van der Waals surface area contributed by atoms with E-state index in [2.05, 4.69) is 0 Å². The van der Waals surface area contributed by atoms with E-state index in [0.717, 1.165) is 29.5 Å². The average Bonchev–Trinajstić information content (AvgIpc) is 2.89. The lowest BCUT2D eigenvalue weighted by molar-refractivity contribution is -0.137. The first kappa shape index (κ1) is 15.0. The molecule has 0 spiro atoms. The molecule has 6 heteroatoms. The van der Waals surface area contributed by atoms with Gasteiger partial charge in [0.2, 0.25) is 0 Å². The lowest BCUT2D eigenvalue weighted by Crippen LogP contribution is -2.09. The third kappa shape index (κ3) is 2.97. The summed E-state index contributed by atoms with van der Waals surface area (Å²) in [6, 6.07) is 14.1. The van der Waals surface area contributed by atoms with Gasteiger partial charge >= 0.3 is 11.5 Å². The fourth-order valence-corrected chi connectivity index (χ4v) is 3.38. The van der Waals surface area contributed by atoms with Crippen molar-refractivity contribution in [1.82, 2.24) is 0 Å². The van der Waals surface area contributed by atoms with Crippen LogP contribution in [-0.2, 0) is 10.9 Å². The first-order chi connectivity index (χ1) is 10.4. The quantitative estimate of drug-likeness (QED) is 0.695. The fourth-order valence-electron chi connectivity index (χ4n) is 2.38. The Morgan fingerprint density at radius 1 is 0.955 bits per heavy atom. The van der Waals surface area contributed by atoms with E-state index < -0.39 is 23.1 Å². The molecule has 2 aromatic rings. The van der Waals surface area contributed by atoms with E-state index in [9.17, 15) is 18.0 Å². The zero-order chi connectivity index (χ0) is 15.7. The van der Waals surface area contributed by atoms with Gasteiger partial charge in [0.1, 0.15) is 6.10 Å². The van der Waals surface area contributed by atoms with Gasteiger partial charge in [0.05, 0.1) is 10.8 Å². The van der Waals surface area contributed by atoms with Crippen LogP contribution < -0.4 is 0 Å². The SMILES string of the molecule is O=C1O[C@H](c2cccc(C(F)(F)F)c2)[C@H](c2ccccc2)S1. The van der Waals surface area contributed by atoms with Crippen molar-refractivity contribution < 1.29 is 22.7 Å². The van der Waals surface area contributed by atoms with Crippen LogP contribution in [0.5, 0.6) is 0 Å². The van der Waals surface area contributed by atoms with E-state index in [-0.39, 0.29) is 5.25 Å². The first-order valence-corrected chi connectivity index (χ1v) is 7.42. The van der Waals surface area contributed by atoms with Crippen molar-refractivity contribution >= 4 is 17.1 Å². The Hall–Kier alpha value is -1.95. The van der Waals surface area contributed by atoms with Gasteiger partial charge < -0.3 is 4.74 Å². The molecular formula is C16H11F3O2S. The molecule has 2 aromatic carbocycles. The second-order valence-corrected chi connectivity index (χ2v) is 5.94. The zero-order valence-electron chi connectivity index (χ0n) is 11.2. The molecule has 0 saturated carbocycles. The van der Waals surface area contributed by atoms with Gasteiger partial charge in [-0.05, 0) is 35.0 Å². The zero-order valence-corrected chi connectivity index (χ0v) is 12.0. The van der Waals surface area contributed by atoms with Crippen LogP contribution in [0.2, 0.25) is 0 Å². The van der Waals surface area contributed by atoms with Crippen LogP contribution in [0.25, 0.3) is 0 Å². The third-order valence-electron chi connectivity index (χ3n) is 3.39. The molecule has 1 fully saturated rings. The molecule has 114 valence electrons. The van der Waals surface area contributed by atoms with Crippen LogP contribution in [0.3, 0.4) is 0 Å². The predicted molar refractivity (Wildman–Crippen MR) is 77.4 cm³/mol. The van der Waals surface area contributed by atoms with Crippen LogP contribution in [0, 0.1) is 0 Å². The fraction of sp³-hybridized carbons (Fsp3) is 0.188. The van der Waals surface area contributed by atoms with Crippen LogP contribution in [-0.4, -0.2) is 5.30 Å². The van der Waals surface area contributed by atoms with E-state index in [0.29, 0.717) is 5.56 Å². The number of hydrogen-bond donors (Lipinski definition) is 0. The molecule has 0 aliphatic carbocycles. The third-order valence-corrected chi connectivity index (χ3v) is 4.45. The Bertz CT molecular complexity index is 685. The molecule has 0 amide bonds. The number of thioether (sulfide) groups is 1. The van der Waals surface area contributed by atoms with Crippen molar-refractivity contribution in [1.29, 1.82) is 0 Å². The maximum absolute atomic E-state index is 12.8.